The van der Waals surface area contributed by atoms with Gasteiger partial charge in [0.05, 0.1) is 6.54 Å². The summed E-state index contributed by atoms with van der Waals surface area (Å²) in [6.07, 6.45) is 4.37. The van der Waals surface area contributed by atoms with Gasteiger partial charge in [0, 0.05) is 33.0 Å². The van der Waals surface area contributed by atoms with Gasteiger partial charge in [0.25, 0.3) is 0 Å². The molecule has 0 amide bonds. The summed E-state index contributed by atoms with van der Waals surface area (Å²) < 4.78 is 13.9. The van der Waals surface area contributed by atoms with E-state index >= 15 is 0 Å². The molecule has 0 atom stereocenters. The van der Waals surface area contributed by atoms with Crippen molar-refractivity contribution in [2.24, 2.45) is 4.99 Å². The topological polar surface area (TPSA) is 34.1 Å². The normalized spacial score (nSPS) is 19.5. The summed E-state index contributed by atoms with van der Waals surface area (Å²) in [6, 6.07) is 11.3. The lowest BCUT2D eigenvalue weighted by molar-refractivity contribution is 0.148. The smallest absolute Gasteiger partial charge is 0.386 e. The lowest BCUT2D eigenvalue weighted by atomic mass is 10.2. The fourth-order valence-electron chi connectivity index (χ4n) is 2.69. The molecule has 0 spiro atoms. The molecule has 0 aromatic heterocycles. The Bertz CT molecular complexity index is 421. The lowest BCUT2D eigenvalue weighted by Gasteiger charge is -2.41. The second-order valence-electron chi connectivity index (χ2n) is 5.01. The average Bonchev–Trinajstić information content (AvgIpc) is 2.53. The van der Waals surface area contributed by atoms with Crippen molar-refractivity contribution >= 4 is 14.9 Å². The van der Waals surface area contributed by atoms with Crippen molar-refractivity contribution in [1.29, 1.82) is 0 Å². The van der Waals surface area contributed by atoms with Gasteiger partial charge in [-0.25, -0.2) is 0 Å². The maximum atomic E-state index is 5.75. The first-order chi connectivity index (χ1) is 9.80. The van der Waals surface area contributed by atoms with Crippen molar-refractivity contribution < 1.29 is 8.85 Å². The van der Waals surface area contributed by atoms with Gasteiger partial charge < -0.3 is 8.85 Å². The van der Waals surface area contributed by atoms with Crippen LogP contribution in [0.5, 0.6) is 0 Å². The molecule has 20 heavy (non-hydrogen) atoms. The van der Waals surface area contributed by atoms with E-state index in [1.807, 2.05) is 24.4 Å². The van der Waals surface area contributed by atoms with Gasteiger partial charge >= 0.3 is 8.72 Å². The molecule has 0 N–H and O–H groups in total. The molecule has 1 aliphatic heterocycles. The quantitative estimate of drug-likeness (QED) is 0.596. The van der Waals surface area contributed by atoms with E-state index in [9.17, 15) is 0 Å². The molecule has 1 fully saturated rings. The Morgan fingerprint density at radius 3 is 2.65 bits per heavy atom. The van der Waals surface area contributed by atoms with E-state index in [1.165, 1.54) is 12.8 Å². The van der Waals surface area contributed by atoms with E-state index in [-0.39, 0.29) is 0 Å². The summed E-state index contributed by atoms with van der Waals surface area (Å²) >= 11 is 0. The maximum absolute atomic E-state index is 5.75. The zero-order valence-electron chi connectivity index (χ0n) is 12.4. The van der Waals surface area contributed by atoms with E-state index in [4.69, 9.17) is 8.85 Å². The summed E-state index contributed by atoms with van der Waals surface area (Å²) in [5.74, 6) is 0. The highest BCUT2D eigenvalue weighted by atomic mass is 28.4. The van der Waals surface area contributed by atoms with E-state index in [2.05, 4.69) is 21.7 Å². The predicted octanol–water partition coefficient (Wildman–Crippen LogP) is 2.43. The Kier molecular flexibility index (Phi) is 5.91. The first-order valence-electron chi connectivity index (χ1n) is 7.21. The van der Waals surface area contributed by atoms with E-state index in [0.717, 1.165) is 31.2 Å². The highest BCUT2D eigenvalue weighted by molar-refractivity contribution is 6.64. The molecular formula is C15H24N2O2Si. The number of hydrogen-bond donors (Lipinski definition) is 0. The summed E-state index contributed by atoms with van der Waals surface area (Å²) in [7, 11) is 1.43. The fraction of sp³-hybridized carbons (Fsp3) is 0.533. The average molecular weight is 292 g/mol. The Hall–Kier alpha value is -1.01. The second-order valence-corrected chi connectivity index (χ2v) is 8.39. The van der Waals surface area contributed by atoms with Crippen molar-refractivity contribution in [2.75, 3.05) is 33.9 Å². The van der Waals surface area contributed by atoms with Crippen LogP contribution < -0.4 is 0 Å². The third-order valence-electron chi connectivity index (χ3n) is 3.83. The number of aliphatic imine (C=N–C) groups is 1. The molecule has 110 valence electrons. The van der Waals surface area contributed by atoms with E-state index in [1.54, 1.807) is 14.2 Å². The minimum absolute atomic E-state index is 0.788. The van der Waals surface area contributed by atoms with Crippen molar-refractivity contribution in [3.63, 3.8) is 0 Å². The van der Waals surface area contributed by atoms with Crippen LogP contribution in [0.1, 0.15) is 18.4 Å². The number of benzene rings is 1. The van der Waals surface area contributed by atoms with Crippen LogP contribution >= 0.6 is 0 Å². The molecule has 1 aliphatic rings. The second kappa shape index (κ2) is 7.69. The molecular weight excluding hydrogens is 268 g/mol. The maximum Gasteiger partial charge on any atom is 0.427 e. The van der Waals surface area contributed by atoms with Crippen LogP contribution in [0.4, 0.5) is 0 Å². The molecule has 0 aliphatic carbocycles. The van der Waals surface area contributed by atoms with Crippen LogP contribution in [-0.2, 0) is 8.85 Å². The first-order valence-corrected chi connectivity index (χ1v) is 9.18. The molecule has 1 aromatic carbocycles. The monoisotopic (exact) mass is 292 g/mol. The van der Waals surface area contributed by atoms with Gasteiger partial charge in [0.2, 0.25) is 0 Å². The van der Waals surface area contributed by atoms with Gasteiger partial charge in [-0.05, 0) is 24.9 Å². The van der Waals surface area contributed by atoms with Crippen LogP contribution in [0.3, 0.4) is 0 Å². The van der Waals surface area contributed by atoms with Crippen molar-refractivity contribution in [2.45, 2.75) is 18.9 Å². The molecule has 0 bridgehead atoms. The SMILES string of the molecule is CO[Si]1(OC)CCCCN1CCN=Cc1ccccc1. The Labute approximate surface area is 122 Å². The van der Waals surface area contributed by atoms with Gasteiger partial charge in [-0.1, -0.05) is 30.3 Å². The summed E-state index contributed by atoms with van der Waals surface area (Å²) in [4.78, 5) is 4.51. The molecule has 1 heterocycles. The number of nitrogens with zero attached hydrogens (tertiary/aromatic N) is 2. The summed E-state index contributed by atoms with van der Waals surface area (Å²) in [5, 5.41) is 0. The summed E-state index contributed by atoms with van der Waals surface area (Å²) in [6.45, 7) is 2.77. The first kappa shape index (κ1) is 15.4. The van der Waals surface area contributed by atoms with Crippen LogP contribution in [0.2, 0.25) is 6.04 Å². The Morgan fingerprint density at radius 1 is 1.20 bits per heavy atom. The zero-order valence-corrected chi connectivity index (χ0v) is 13.4. The van der Waals surface area contributed by atoms with Crippen LogP contribution in [-0.4, -0.2) is 53.4 Å². The van der Waals surface area contributed by atoms with Gasteiger partial charge in [0.1, 0.15) is 0 Å². The Balaban J connectivity index is 1.87. The standard InChI is InChI=1S/C15H24N2O2Si/c1-18-20(19-2)13-7-6-11-17(20)12-10-16-14-15-8-4-3-5-9-15/h3-5,8-9,14H,6-7,10-13H2,1-2H3. The van der Waals surface area contributed by atoms with Crippen LogP contribution in [0.15, 0.2) is 35.3 Å². The lowest BCUT2D eigenvalue weighted by Crippen LogP contribution is -2.60. The van der Waals surface area contributed by atoms with Crippen molar-refractivity contribution in [1.82, 2.24) is 4.57 Å². The van der Waals surface area contributed by atoms with Gasteiger partial charge in [-0.15, -0.1) is 0 Å². The number of hydrogen-bond acceptors (Lipinski definition) is 4. The molecule has 5 heteroatoms. The van der Waals surface area contributed by atoms with Crippen LogP contribution in [0, 0.1) is 0 Å². The van der Waals surface area contributed by atoms with Crippen LogP contribution in [0.25, 0.3) is 0 Å². The molecule has 0 unspecified atom stereocenters. The van der Waals surface area contributed by atoms with Gasteiger partial charge in [0.15, 0.2) is 0 Å². The largest absolute Gasteiger partial charge is 0.427 e. The number of rotatable bonds is 6. The third-order valence-corrected chi connectivity index (χ3v) is 7.50. The zero-order chi connectivity index (χ0) is 14.3. The van der Waals surface area contributed by atoms with Gasteiger partial charge in [-0.3, -0.25) is 9.56 Å². The molecule has 0 saturated carbocycles. The molecule has 1 saturated heterocycles. The minimum Gasteiger partial charge on any atom is -0.386 e. The minimum atomic E-state index is -2.13. The summed E-state index contributed by atoms with van der Waals surface area (Å²) in [5.41, 5.74) is 1.15. The third kappa shape index (κ3) is 3.76. The highest BCUT2D eigenvalue weighted by Gasteiger charge is 2.44. The van der Waals surface area contributed by atoms with Crippen molar-refractivity contribution in [3.8, 4) is 0 Å². The van der Waals surface area contributed by atoms with E-state index < -0.39 is 8.72 Å². The highest BCUT2D eigenvalue weighted by Crippen LogP contribution is 2.25. The fourth-order valence-corrected chi connectivity index (χ4v) is 5.74. The molecule has 4 nitrogen and oxygen atoms in total. The van der Waals surface area contributed by atoms with Gasteiger partial charge in [-0.2, -0.15) is 0 Å². The predicted molar refractivity (Wildman–Crippen MR) is 84.3 cm³/mol. The molecule has 1 aromatic rings. The van der Waals surface area contributed by atoms with E-state index in [0.29, 0.717) is 0 Å². The van der Waals surface area contributed by atoms with Crippen molar-refractivity contribution in [3.05, 3.63) is 35.9 Å². The molecule has 0 radical (unpaired) electrons. The Morgan fingerprint density at radius 2 is 1.95 bits per heavy atom. The molecule has 2 rings (SSSR count).